The van der Waals surface area contributed by atoms with Gasteiger partial charge in [-0.15, -0.1) is 0 Å². The third kappa shape index (κ3) is 3.23. The number of benzene rings is 1. The molecule has 2 fully saturated rings. The molecule has 210 valence electrons. The Bertz CT molecular complexity index is 1390. The summed E-state index contributed by atoms with van der Waals surface area (Å²) in [5.41, 5.74) is 4.52. The SMILES string of the molecule is CC(C)N1CCCC1c1cc(O)c2c(c1Cl)C[C@H]1C[C@H]3[C@H](N(C)C)C(O)=C(C(N)=O)C4(O)O[C@]34C(O)=C1C2=O. The van der Waals surface area contributed by atoms with Crippen molar-refractivity contribution in [1.82, 2.24) is 9.80 Å². The Morgan fingerprint density at radius 3 is 2.59 bits per heavy atom. The molecular formula is C28H34ClN3O7. The van der Waals surface area contributed by atoms with Crippen LogP contribution < -0.4 is 5.73 Å². The number of hydrogen-bond acceptors (Lipinski definition) is 9. The van der Waals surface area contributed by atoms with E-state index in [1.807, 2.05) is 0 Å². The van der Waals surface area contributed by atoms with Gasteiger partial charge in [0.05, 0.1) is 11.6 Å². The second-order valence-electron chi connectivity index (χ2n) is 12.0. The first-order valence-corrected chi connectivity index (χ1v) is 13.8. The number of fused-ring (bicyclic) bond motifs is 2. The van der Waals surface area contributed by atoms with Crippen LogP contribution in [-0.2, 0) is 16.0 Å². The Hall–Kier alpha value is -2.63. The van der Waals surface area contributed by atoms with Crippen molar-refractivity contribution < 1.29 is 34.8 Å². The van der Waals surface area contributed by atoms with Gasteiger partial charge < -0.3 is 30.9 Å². The first-order chi connectivity index (χ1) is 18.3. The standard InChI is InChI=1S/C28H34ClN3O7/c1-11(2)32-7-5-6-16(32)13-10-17(33)19-14(21(13)29)8-12-9-15-22(31(3)4)24(35)20(26(30)37)28(38)27(15,39-28)25(36)18(12)23(19)34/h10-12,15-16,22,33,35-36,38H,5-9H2,1-4H3,(H2,30,37)/t12-,15-,16?,22-,27-,28?/m0/s1. The zero-order valence-corrected chi connectivity index (χ0v) is 23.1. The van der Waals surface area contributed by atoms with E-state index in [0.717, 1.165) is 24.9 Å². The van der Waals surface area contributed by atoms with Gasteiger partial charge in [0.25, 0.3) is 5.91 Å². The minimum atomic E-state index is -2.37. The number of aromatic hydroxyl groups is 1. The summed E-state index contributed by atoms with van der Waals surface area (Å²) in [6.45, 7) is 5.15. The molecule has 2 unspecified atom stereocenters. The van der Waals surface area contributed by atoms with E-state index in [1.165, 1.54) is 0 Å². The van der Waals surface area contributed by atoms with Crippen LogP contribution in [0.1, 0.15) is 60.6 Å². The first-order valence-electron chi connectivity index (χ1n) is 13.4. The molecule has 0 radical (unpaired) electrons. The second-order valence-corrected chi connectivity index (χ2v) is 12.4. The highest BCUT2D eigenvalue weighted by Gasteiger charge is 2.84. The normalized spacial score (nSPS) is 35.7. The van der Waals surface area contributed by atoms with Crippen LogP contribution in [0.25, 0.3) is 0 Å². The molecule has 3 aliphatic carbocycles. The highest BCUT2D eigenvalue weighted by atomic mass is 35.5. The molecule has 5 aliphatic rings. The molecule has 11 heteroatoms. The van der Waals surface area contributed by atoms with Crippen molar-refractivity contribution in [3.63, 3.8) is 0 Å². The number of ether oxygens (including phenoxy) is 1. The fourth-order valence-electron chi connectivity index (χ4n) is 7.91. The predicted octanol–water partition coefficient (Wildman–Crippen LogP) is 2.48. The highest BCUT2D eigenvalue weighted by Crippen LogP contribution is 2.68. The third-order valence-electron chi connectivity index (χ3n) is 9.51. The Morgan fingerprint density at radius 1 is 1.28 bits per heavy atom. The minimum Gasteiger partial charge on any atom is -0.510 e. The number of carbonyl (C=O) groups excluding carboxylic acids is 2. The van der Waals surface area contributed by atoms with Crippen molar-refractivity contribution in [2.75, 3.05) is 20.6 Å². The first kappa shape index (κ1) is 26.6. The molecule has 6 N–H and O–H groups in total. The Morgan fingerprint density at radius 2 is 1.97 bits per heavy atom. The van der Waals surface area contributed by atoms with Crippen LogP contribution in [0, 0.1) is 11.8 Å². The van der Waals surface area contributed by atoms with Crippen LogP contribution in [0.3, 0.4) is 0 Å². The topological polar surface area (TPSA) is 160 Å². The van der Waals surface area contributed by atoms with E-state index < -0.39 is 58.0 Å². The summed E-state index contributed by atoms with van der Waals surface area (Å²) in [7, 11) is 3.39. The zero-order valence-electron chi connectivity index (χ0n) is 22.4. The molecule has 1 aromatic rings. The lowest BCUT2D eigenvalue weighted by Gasteiger charge is -2.46. The smallest absolute Gasteiger partial charge is 0.253 e. The molecule has 0 saturated carbocycles. The van der Waals surface area contributed by atoms with Gasteiger partial charge in [0.2, 0.25) is 5.79 Å². The number of nitrogens with two attached hydrogens (primary N) is 1. The number of hydrogen-bond donors (Lipinski definition) is 5. The summed E-state index contributed by atoms with van der Waals surface area (Å²) in [5, 5.41) is 45.6. The van der Waals surface area contributed by atoms with Gasteiger partial charge in [0, 0.05) is 28.6 Å². The van der Waals surface area contributed by atoms with Gasteiger partial charge in [-0.1, -0.05) is 11.6 Å². The Labute approximate surface area is 231 Å². The summed E-state index contributed by atoms with van der Waals surface area (Å²) in [6, 6.07) is 1.05. The van der Waals surface area contributed by atoms with Crippen LogP contribution in [-0.4, -0.2) is 86.0 Å². The number of aliphatic hydroxyl groups is 3. The molecule has 0 aromatic heterocycles. The largest absolute Gasteiger partial charge is 0.510 e. The molecular weight excluding hydrogens is 526 g/mol. The number of epoxide rings is 1. The van der Waals surface area contributed by atoms with Gasteiger partial charge in [-0.05, 0) is 83.3 Å². The van der Waals surface area contributed by atoms with Gasteiger partial charge in [-0.2, -0.15) is 0 Å². The Kier molecular flexibility index (Phi) is 5.75. The van der Waals surface area contributed by atoms with Crippen molar-refractivity contribution in [2.45, 2.75) is 69.0 Å². The number of amides is 1. The van der Waals surface area contributed by atoms with E-state index >= 15 is 0 Å². The number of halogens is 1. The molecule has 0 bridgehead atoms. The van der Waals surface area contributed by atoms with Crippen LogP contribution >= 0.6 is 11.6 Å². The molecule has 6 atom stereocenters. The van der Waals surface area contributed by atoms with E-state index in [9.17, 15) is 30.0 Å². The molecule has 1 aromatic carbocycles. The monoisotopic (exact) mass is 559 g/mol. The predicted molar refractivity (Wildman–Crippen MR) is 141 cm³/mol. The van der Waals surface area contributed by atoms with Crippen molar-refractivity contribution in [2.24, 2.45) is 17.6 Å². The fourth-order valence-corrected chi connectivity index (χ4v) is 8.26. The van der Waals surface area contributed by atoms with Gasteiger partial charge in [-0.25, -0.2) is 0 Å². The summed E-state index contributed by atoms with van der Waals surface area (Å²) in [4.78, 5) is 30.2. The van der Waals surface area contributed by atoms with E-state index in [0.29, 0.717) is 10.6 Å². The average Bonchev–Trinajstić information content (AvgIpc) is 3.20. The summed E-state index contributed by atoms with van der Waals surface area (Å²) in [6.07, 6.45) is 2.41. The number of phenolic OH excluding ortho intramolecular Hbond substituents is 1. The lowest BCUT2D eigenvalue weighted by molar-refractivity contribution is -0.117. The molecule has 10 nitrogen and oxygen atoms in total. The van der Waals surface area contributed by atoms with E-state index in [1.54, 1.807) is 25.1 Å². The summed E-state index contributed by atoms with van der Waals surface area (Å²) < 4.78 is 5.71. The lowest BCUT2D eigenvalue weighted by atomic mass is 9.60. The maximum absolute atomic E-state index is 13.9. The molecule has 6 rings (SSSR count). The van der Waals surface area contributed by atoms with Crippen LogP contribution in [0.2, 0.25) is 5.02 Å². The van der Waals surface area contributed by atoms with E-state index in [4.69, 9.17) is 22.1 Å². The molecule has 2 heterocycles. The number of primary amides is 1. The van der Waals surface area contributed by atoms with Crippen molar-refractivity contribution in [3.8, 4) is 5.75 Å². The molecule has 1 amide bonds. The summed E-state index contributed by atoms with van der Waals surface area (Å²) in [5.74, 6) is -6.39. The maximum Gasteiger partial charge on any atom is 0.253 e. The maximum atomic E-state index is 13.9. The van der Waals surface area contributed by atoms with Crippen LogP contribution in [0.15, 0.2) is 28.7 Å². The zero-order chi connectivity index (χ0) is 28.3. The van der Waals surface area contributed by atoms with Gasteiger partial charge in [0.15, 0.2) is 11.4 Å². The van der Waals surface area contributed by atoms with Gasteiger partial charge in [0.1, 0.15) is 22.8 Å². The second kappa shape index (κ2) is 8.44. The number of ketones is 1. The van der Waals surface area contributed by atoms with Crippen molar-refractivity contribution in [1.29, 1.82) is 0 Å². The number of carbonyl (C=O) groups is 2. The average molecular weight is 560 g/mol. The number of likely N-dealkylation sites (tertiary alicyclic amines) is 1. The molecule has 2 aliphatic heterocycles. The number of Topliss-reactive ketones (excluding diaryl/α,β-unsaturated/α-hetero) is 1. The highest BCUT2D eigenvalue weighted by molar-refractivity contribution is 6.33. The quantitative estimate of drug-likeness (QED) is 0.349. The fraction of sp³-hybridized carbons (Fsp3) is 0.571. The molecule has 2 saturated heterocycles. The number of allylic oxidation sites excluding steroid dienone is 1. The van der Waals surface area contributed by atoms with Crippen LogP contribution in [0.5, 0.6) is 5.75 Å². The van der Waals surface area contributed by atoms with Gasteiger partial charge >= 0.3 is 0 Å². The number of phenols is 1. The van der Waals surface area contributed by atoms with E-state index in [2.05, 4.69) is 18.7 Å². The van der Waals surface area contributed by atoms with Crippen LogP contribution in [0.4, 0.5) is 0 Å². The number of nitrogens with zero attached hydrogens (tertiary/aromatic N) is 2. The third-order valence-corrected chi connectivity index (χ3v) is 9.96. The Balaban J connectivity index is 1.49. The molecule has 1 spiro atoms. The minimum absolute atomic E-state index is 0.0150. The van der Waals surface area contributed by atoms with Crippen molar-refractivity contribution >= 4 is 23.3 Å². The molecule has 39 heavy (non-hydrogen) atoms. The lowest BCUT2D eigenvalue weighted by Crippen LogP contribution is -2.57. The van der Waals surface area contributed by atoms with E-state index in [-0.39, 0.29) is 41.8 Å². The van der Waals surface area contributed by atoms with Gasteiger partial charge in [-0.3, -0.25) is 19.4 Å². The number of likely N-dealkylation sites (N-methyl/N-ethyl adjacent to an activating group) is 1. The summed E-state index contributed by atoms with van der Waals surface area (Å²) >= 11 is 6.99. The number of rotatable bonds is 4. The number of aliphatic hydroxyl groups excluding tert-OH is 2. The van der Waals surface area contributed by atoms with Crippen molar-refractivity contribution in [3.05, 3.63) is 50.4 Å².